The van der Waals surface area contributed by atoms with Crippen LogP contribution in [0.15, 0.2) is 60.0 Å². The second-order valence-electron chi connectivity index (χ2n) is 5.95. The molecule has 26 heavy (non-hydrogen) atoms. The number of benzene rings is 1. The van der Waals surface area contributed by atoms with Crippen LogP contribution in [0.4, 0.5) is 0 Å². The van der Waals surface area contributed by atoms with Gasteiger partial charge in [-0.1, -0.05) is 36.0 Å². The van der Waals surface area contributed by atoms with Crippen LogP contribution in [-0.4, -0.2) is 31.2 Å². The average Bonchev–Trinajstić information content (AvgIpc) is 3.08. The van der Waals surface area contributed by atoms with Crippen LogP contribution in [-0.2, 0) is 11.3 Å². The highest BCUT2D eigenvalue weighted by Crippen LogP contribution is 2.25. The van der Waals surface area contributed by atoms with Crippen molar-refractivity contribution in [2.24, 2.45) is 0 Å². The number of aryl methyl sites for hydroxylation is 1. The molecule has 0 atom stereocenters. The molecule has 0 radical (unpaired) electrons. The Morgan fingerprint density at radius 2 is 2.08 bits per heavy atom. The molecule has 7 heteroatoms. The Morgan fingerprint density at radius 3 is 2.92 bits per heavy atom. The summed E-state index contributed by atoms with van der Waals surface area (Å²) in [5.41, 5.74) is 3.97. The number of hydrogen-bond acceptors (Lipinski definition) is 5. The molecule has 0 saturated carbocycles. The van der Waals surface area contributed by atoms with E-state index in [4.69, 9.17) is 0 Å². The first kappa shape index (κ1) is 16.5. The lowest BCUT2D eigenvalue weighted by Gasteiger charge is -2.07. The summed E-state index contributed by atoms with van der Waals surface area (Å²) in [7, 11) is 0. The van der Waals surface area contributed by atoms with Crippen LogP contribution in [0.3, 0.4) is 0 Å². The Morgan fingerprint density at radius 1 is 1.19 bits per heavy atom. The standard InChI is InChI=1S/C19H17N5OS/c1-13-9-17-22-23-19(24(17)16-7-3-2-6-15(13)16)26-12-18(25)21-11-14-5-4-8-20-10-14/h2-10H,11-12H2,1H3,(H,21,25). The van der Waals surface area contributed by atoms with Gasteiger partial charge in [0, 0.05) is 24.3 Å². The number of thioether (sulfide) groups is 1. The molecule has 1 aromatic carbocycles. The third kappa shape index (κ3) is 3.25. The average molecular weight is 363 g/mol. The quantitative estimate of drug-likeness (QED) is 0.552. The van der Waals surface area contributed by atoms with Crippen LogP contribution in [0.1, 0.15) is 11.1 Å². The zero-order valence-electron chi connectivity index (χ0n) is 14.2. The second kappa shape index (κ2) is 7.13. The second-order valence-corrected chi connectivity index (χ2v) is 6.89. The molecule has 3 aromatic heterocycles. The number of fused-ring (bicyclic) bond motifs is 3. The number of amides is 1. The monoisotopic (exact) mass is 363 g/mol. The molecule has 0 saturated heterocycles. The fourth-order valence-corrected chi connectivity index (χ4v) is 3.63. The van der Waals surface area contributed by atoms with E-state index in [9.17, 15) is 4.79 Å². The van der Waals surface area contributed by atoms with Crippen molar-refractivity contribution in [2.45, 2.75) is 18.6 Å². The maximum absolute atomic E-state index is 12.2. The van der Waals surface area contributed by atoms with Gasteiger partial charge in [-0.25, -0.2) is 0 Å². The number of hydrogen-bond donors (Lipinski definition) is 1. The molecular formula is C19H17N5OS. The van der Waals surface area contributed by atoms with Crippen LogP contribution >= 0.6 is 11.8 Å². The molecular weight excluding hydrogens is 346 g/mol. The van der Waals surface area contributed by atoms with Gasteiger partial charge in [-0.2, -0.15) is 0 Å². The van der Waals surface area contributed by atoms with Crippen LogP contribution < -0.4 is 5.32 Å². The Labute approximate surface area is 154 Å². The van der Waals surface area contributed by atoms with Crippen LogP contribution in [0, 0.1) is 6.92 Å². The molecule has 0 aliphatic carbocycles. The van der Waals surface area contributed by atoms with Gasteiger partial charge < -0.3 is 5.32 Å². The SMILES string of the molecule is Cc1cc2nnc(SCC(=O)NCc3cccnc3)n2c2ccccc12. The van der Waals surface area contributed by atoms with Gasteiger partial charge in [-0.15, -0.1) is 10.2 Å². The third-order valence-electron chi connectivity index (χ3n) is 4.12. The molecule has 0 aliphatic rings. The fourth-order valence-electron chi connectivity index (χ4n) is 2.85. The zero-order chi connectivity index (χ0) is 17.9. The van der Waals surface area contributed by atoms with Crippen molar-refractivity contribution in [1.29, 1.82) is 0 Å². The van der Waals surface area contributed by atoms with Crippen molar-refractivity contribution in [3.8, 4) is 0 Å². The number of nitrogens with zero attached hydrogens (tertiary/aromatic N) is 4. The first-order valence-electron chi connectivity index (χ1n) is 8.24. The minimum Gasteiger partial charge on any atom is -0.351 e. The highest BCUT2D eigenvalue weighted by Gasteiger charge is 2.13. The largest absolute Gasteiger partial charge is 0.351 e. The number of pyridine rings is 2. The van der Waals surface area contributed by atoms with Gasteiger partial charge >= 0.3 is 0 Å². The Kier molecular flexibility index (Phi) is 4.53. The summed E-state index contributed by atoms with van der Waals surface area (Å²) < 4.78 is 2.00. The lowest BCUT2D eigenvalue weighted by molar-refractivity contribution is -0.118. The third-order valence-corrected chi connectivity index (χ3v) is 5.05. The molecule has 3 heterocycles. The predicted octanol–water partition coefficient (Wildman–Crippen LogP) is 2.99. The van der Waals surface area contributed by atoms with E-state index in [0.29, 0.717) is 11.7 Å². The molecule has 0 unspecified atom stereocenters. The van der Waals surface area contributed by atoms with Gasteiger partial charge in [0.1, 0.15) is 0 Å². The highest BCUT2D eigenvalue weighted by molar-refractivity contribution is 7.99. The number of carbonyl (C=O) groups excluding carboxylic acids is 1. The topological polar surface area (TPSA) is 72.2 Å². The number of rotatable bonds is 5. The molecule has 0 spiro atoms. The van der Waals surface area contributed by atoms with Crippen molar-refractivity contribution in [2.75, 3.05) is 5.75 Å². The minimum absolute atomic E-state index is 0.0491. The zero-order valence-corrected chi connectivity index (χ0v) is 15.0. The van der Waals surface area contributed by atoms with E-state index >= 15 is 0 Å². The van der Waals surface area contributed by atoms with Crippen LogP contribution in [0.2, 0.25) is 0 Å². The van der Waals surface area contributed by atoms with E-state index in [2.05, 4.69) is 33.5 Å². The van der Waals surface area contributed by atoms with Gasteiger partial charge in [-0.3, -0.25) is 14.2 Å². The normalized spacial score (nSPS) is 11.1. The minimum atomic E-state index is -0.0491. The lowest BCUT2D eigenvalue weighted by atomic mass is 10.1. The summed E-state index contributed by atoms with van der Waals surface area (Å²) in [5, 5.41) is 13.3. The highest BCUT2D eigenvalue weighted by atomic mass is 32.2. The summed E-state index contributed by atoms with van der Waals surface area (Å²) in [4.78, 5) is 16.2. The summed E-state index contributed by atoms with van der Waals surface area (Å²) in [5.74, 6) is 0.232. The Bertz CT molecular complexity index is 1080. The van der Waals surface area contributed by atoms with E-state index < -0.39 is 0 Å². The number of para-hydroxylation sites is 1. The van der Waals surface area contributed by atoms with Crippen molar-refractivity contribution in [1.82, 2.24) is 24.9 Å². The summed E-state index contributed by atoms with van der Waals surface area (Å²) >= 11 is 1.38. The lowest BCUT2D eigenvalue weighted by Crippen LogP contribution is -2.24. The maximum Gasteiger partial charge on any atom is 0.230 e. The van der Waals surface area contributed by atoms with Gasteiger partial charge in [-0.05, 0) is 36.2 Å². The van der Waals surface area contributed by atoms with Crippen molar-refractivity contribution >= 4 is 34.2 Å². The molecule has 130 valence electrons. The van der Waals surface area contributed by atoms with Crippen molar-refractivity contribution in [3.63, 3.8) is 0 Å². The van der Waals surface area contributed by atoms with Crippen LogP contribution in [0.5, 0.6) is 0 Å². The predicted molar refractivity (Wildman–Crippen MR) is 102 cm³/mol. The van der Waals surface area contributed by atoms with Gasteiger partial charge in [0.2, 0.25) is 5.91 Å². The van der Waals surface area contributed by atoms with Gasteiger partial charge in [0.25, 0.3) is 0 Å². The fraction of sp³-hybridized carbons (Fsp3) is 0.158. The van der Waals surface area contributed by atoms with E-state index in [-0.39, 0.29) is 11.7 Å². The molecule has 1 N–H and O–H groups in total. The molecule has 0 aliphatic heterocycles. The van der Waals surface area contributed by atoms with E-state index in [1.165, 1.54) is 11.8 Å². The smallest absolute Gasteiger partial charge is 0.230 e. The molecule has 0 fully saturated rings. The summed E-state index contributed by atoms with van der Waals surface area (Å²) in [6, 6.07) is 13.9. The van der Waals surface area contributed by atoms with Gasteiger partial charge in [0.05, 0.1) is 11.3 Å². The van der Waals surface area contributed by atoms with Crippen molar-refractivity contribution < 1.29 is 4.79 Å². The molecule has 4 rings (SSSR count). The molecule has 0 bridgehead atoms. The van der Waals surface area contributed by atoms with E-state index in [1.54, 1.807) is 12.4 Å². The molecule has 1 amide bonds. The molecule has 6 nitrogen and oxygen atoms in total. The number of nitrogens with one attached hydrogen (secondary N) is 1. The Hall–Kier alpha value is -2.93. The van der Waals surface area contributed by atoms with Crippen LogP contribution in [0.25, 0.3) is 16.6 Å². The number of carbonyl (C=O) groups is 1. The van der Waals surface area contributed by atoms with E-state index in [0.717, 1.165) is 27.7 Å². The van der Waals surface area contributed by atoms with Crippen molar-refractivity contribution in [3.05, 3.63) is 66.0 Å². The first-order chi connectivity index (χ1) is 12.7. The summed E-state index contributed by atoms with van der Waals surface area (Å²) in [6.45, 7) is 2.53. The number of aromatic nitrogens is 4. The van der Waals surface area contributed by atoms with Gasteiger partial charge in [0.15, 0.2) is 10.8 Å². The summed E-state index contributed by atoms with van der Waals surface area (Å²) in [6.07, 6.45) is 3.46. The maximum atomic E-state index is 12.2. The molecule has 4 aromatic rings. The Balaban J connectivity index is 1.51. The van der Waals surface area contributed by atoms with E-state index in [1.807, 2.05) is 40.8 Å². The first-order valence-corrected chi connectivity index (χ1v) is 9.23.